The van der Waals surface area contributed by atoms with Crippen LogP contribution in [0.3, 0.4) is 0 Å². The fourth-order valence-corrected chi connectivity index (χ4v) is 4.47. The van der Waals surface area contributed by atoms with Crippen molar-refractivity contribution in [2.24, 2.45) is 0 Å². The fraction of sp³-hybridized carbons (Fsp3) is 0.182. The number of hydrogen-bond acceptors (Lipinski definition) is 4. The number of tetrazole rings is 1. The van der Waals surface area contributed by atoms with Crippen LogP contribution in [0, 0.1) is 0 Å². The molecule has 0 atom stereocenters. The SMILES string of the molecule is CN1C(=O)c2cccn2-c2cc(-c3cccc(-c4nnn[nH]4)c3)ccc2C12CC2. The Hall–Kier alpha value is -3.74. The minimum absolute atomic E-state index is 0.0741. The zero-order valence-corrected chi connectivity index (χ0v) is 15.8. The van der Waals surface area contributed by atoms with E-state index in [9.17, 15) is 4.79 Å². The molecule has 0 bridgehead atoms. The highest BCUT2D eigenvalue weighted by molar-refractivity contribution is 5.95. The third-order valence-electron chi connectivity index (χ3n) is 6.21. The van der Waals surface area contributed by atoms with Gasteiger partial charge in [-0.1, -0.05) is 30.3 Å². The van der Waals surface area contributed by atoms with E-state index >= 15 is 0 Å². The molecular formula is C22H18N6O. The zero-order chi connectivity index (χ0) is 19.6. The second-order valence-corrected chi connectivity index (χ2v) is 7.72. The van der Waals surface area contributed by atoms with E-state index in [-0.39, 0.29) is 11.4 Å². The van der Waals surface area contributed by atoms with Crippen molar-refractivity contribution >= 4 is 5.91 Å². The lowest BCUT2D eigenvalue weighted by Gasteiger charge is -2.27. The number of rotatable bonds is 2. The zero-order valence-electron chi connectivity index (χ0n) is 15.8. The molecule has 1 amide bonds. The fourth-order valence-electron chi connectivity index (χ4n) is 4.47. The lowest BCUT2D eigenvalue weighted by Crippen LogP contribution is -2.36. The van der Waals surface area contributed by atoms with Crippen LogP contribution >= 0.6 is 0 Å². The largest absolute Gasteiger partial charge is 0.331 e. The van der Waals surface area contributed by atoms with Crippen LogP contribution in [-0.4, -0.2) is 43.0 Å². The molecule has 1 saturated carbocycles. The van der Waals surface area contributed by atoms with Gasteiger partial charge in [-0.05, 0) is 58.7 Å². The Balaban J connectivity index is 1.54. The van der Waals surface area contributed by atoms with E-state index in [1.54, 1.807) is 0 Å². The van der Waals surface area contributed by atoms with E-state index in [0.29, 0.717) is 11.5 Å². The number of amides is 1. The second-order valence-electron chi connectivity index (χ2n) is 7.72. The molecule has 6 rings (SSSR count). The van der Waals surface area contributed by atoms with E-state index in [2.05, 4.69) is 51.0 Å². The van der Waals surface area contributed by atoms with Crippen molar-refractivity contribution in [2.45, 2.75) is 18.4 Å². The molecule has 2 aliphatic rings. The van der Waals surface area contributed by atoms with Gasteiger partial charge in [0, 0.05) is 24.4 Å². The van der Waals surface area contributed by atoms with Gasteiger partial charge in [0.05, 0.1) is 11.2 Å². The number of carbonyl (C=O) groups is 1. The first kappa shape index (κ1) is 16.2. The van der Waals surface area contributed by atoms with Crippen molar-refractivity contribution < 1.29 is 4.79 Å². The summed E-state index contributed by atoms with van der Waals surface area (Å²) >= 11 is 0. The Bertz CT molecular complexity index is 1250. The first-order chi connectivity index (χ1) is 14.2. The average Bonchev–Trinajstić information content (AvgIpc) is 3.18. The summed E-state index contributed by atoms with van der Waals surface area (Å²) in [7, 11) is 1.92. The van der Waals surface area contributed by atoms with Crippen molar-refractivity contribution in [3.63, 3.8) is 0 Å². The monoisotopic (exact) mass is 382 g/mol. The Kier molecular flexibility index (Phi) is 3.16. The van der Waals surface area contributed by atoms with Gasteiger partial charge < -0.3 is 9.47 Å². The standard InChI is InChI=1S/C22H18N6O/c1-27-21(29)18-6-3-11-28(18)19-13-15(7-8-17(19)22(27)9-10-22)14-4-2-5-16(12-14)20-23-25-26-24-20/h2-8,11-13H,9-10H2,1H3,(H,23,24,25,26). The highest BCUT2D eigenvalue weighted by Crippen LogP contribution is 2.54. The van der Waals surface area contributed by atoms with Crippen LogP contribution in [0.25, 0.3) is 28.2 Å². The summed E-state index contributed by atoms with van der Waals surface area (Å²) in [4.78, 5) is 15.0. The Morgan fingerprint density at radius 3 is 2.62 bits per heavy atom. The van der Waals surface area contributed by atoms with Gasteiger partial charge in [0.15, 0.2) is 5.82 Å². The molecule has 0 radical (unpaired) electrons. The number of benzene rings is 2. The van der Waals surface area contributed by atoms with Crippen molar-refractivity contribution in [3.8, 4) is 28.2 Å². The van der Waals surface area contributed by atoms with Gasteiger partial charge in [-0.15, -0.1) is 5.10 Å². The Labute approximate surface area is 167 Å². The van der Waals surface area contributed by atoms with E-state index < -0.39 is 0 Å². The van der Waals surface area contributed by atoms with Crippen LogP contribution in [0.2, 0.25) is 0 Å². The van der Waals surface area contributed by atoms with Crippen LogP contribution in [0.4, 0.5) is 0 Å². The molecule has 142 valence electrons. The number of aromatic nitrogens is 5. The predicted molar refractivity (Wildman–Crippen MR) is 107 cm³/mol. The minimum Gasteiger partial charge on any atom is -0.331 e. The maximum atomic E-state index is 13.0. The van der Waals surface area contributed by atoms with Crippen molar-refractivity contribution in [3.05, 3.63) is 72.1 Å². The molecular weight excluding hydrogens is 364 g/mol. The van der Waals surface area contributed by atoms with Gasteiger partial charge in [0.25, 0.3) is 5.91 Å². The normalized spacial score (nSPS) is 16.4. The molecule has 1 spiro atoms. The molecule has 4 aromatic rings. The molecule has 7 nitrogen and oxygen atoms in total. The second kappa shape index (κ2) is 5.64. The predicted octanol–water partition coefficient (Wildman–Crippen LogP) is 3.40. The smallest absolute Gasteiger partial charge is 0.271 e. The lowest BCUT2D eigenvalue weighted by molar-refractivity contribution is 0.0705. The maximum Gasteiger partial charge on any atom is 0.271 e. The van der Waals surface area contributed by atoms with Gasteiger partial charge in [0.2, 0.25) is 0 Å². The Morgan fingerprint density at radius 1 is 1.00 bits per heavy atom. The molecule has 1 aliphatic carbocycles. The number of nitrogens with zero attached hydrogens (tertiary/aromatic N) is 5. The third kappa shape index (κ3) is 2.24. The molecule has 2 aromatic carbocycles. The summed E-state index contributed by atoms with van der Waals surface area (Å²) in [5.74, 6) is 0.712. The minimum atomic E-state index is -0.183. The van der Waals surface area contributed by atoms with Crippen LogP contribution in [0.15, 0.2) is 60.8 Å². The van der Waals surface area contributed by atoms with E-state index in [0.717, 1.165) is 35.2 Å². The lowest BCUT2D eigenvalue weighted by atomic mass is 9.95. The summed E-state index contributed by atoms with van der Waals surface area (Å²) in [6, 6.07) is 18.5. The molecule has 1 aliphatic heterocycles. The highest BCUT2D eigenvalue weighted by atomic mass is 16.2. The molecule has 0 unspecified atom stereocenters. The van der Waals surface area contributed by atoms with Gasteiger partial charge in [-0.25, -0.2) is 5.10 Å². The number of hydrogen-bond donors (Lipinski definition) is 1. The van der Waals surface area contributed by atoms with Crippen LogP contribution < -0.4 is 0 Å². The first-order valence-electron chi connectivity index (χ1n) is 9.62. The van der Waals surface area contributed by atoms with Crippen molar-refractivity contribution in [1.29, 1.82) is 0 Å². The molecule has 7 heteroatoms. The highest BCUT2D eigenvalue weighted by Gasteiger charge is 2.53. The van der Waals surface area contributed by atoms with E-state index in [1.165, 1.54) is 5.56 Å². The number of H-pyrrole nitrogens is 1. The topological polar surface area (TPSA) is 79.7 Å². The average molecular weight is 382 g/mol. The molecule has 29 heavy (non-hydrogen) atoms. The summed E-state index contributed by atoms with van der Waals surface area (Å²) in [5.41, 5.74) is 5.90. The molecule has 1 N–H and O–H groups in total. The van der Waals surface area contributed by atoms with Crippen molar-refractivity contribution in [1.82, 2.24) is 30.1 Å². The van der Waals surface area contributed by atoms with E-state index in [1.807, 2.05) is 47.0 Å². The first-order valence-corrected chi connectivity index (χ1v) is 9.62. The van der Waals surface area contributed by atoms with Crippen molar-refractivity contribution in [2.75, 3.05) is 7.05 Å². The number of nitrogens with one attached hydrogen (secondary N) is 1. The summed E-state index contributed by atoms with van der Waals surface area (Å²) < 4.78 is 2.02. The van der Waals surface area contributed by atoms with E-state index in [4.69, 9.17) is 0 Å². The number of fused-ring (bicyclic) bond motifs is 4. The Morgan fingerprint density at radius 2 is 1.83 bits per heavy atom. The summed E-state index contributed by atoms with van der Waals surface area (Å²) in [6.07, 6.45) is 3.97. The summed E-state index contributed by atoms with van der Waals surface area (Å²) in [6.45, 7) is 0. The van der Waals surface area contributed by atoms with Crippen LogP contribution in [0.5, 0.6) is 0 Å². The van der Waals surface area contributed by atoms with Gasteiger partial charge >= 0.3 is 0 Å². The molecule has 1 fully saturated rings. The number of aromatic amines is 1. The van der Waals surface area contributed by atoms with Gasteiger partial charge in [-0.2, -0.15) is 0 Å². The van der Waals surface area contributed by atoms with Crippen LogP contribution in [-0.2, 0) is 5.54 Å². The quantitative estimate of drug-likeness (QED) is 0.576. The molecule has 3 heterocycles. The van der Waals surface area contributed by atoms with Gasteiger partial charge in [0.1, 0.15) is 5.69 Å². The van der Waals surface area contributed by atoms with Gasteiger partial charge in [-0.3, -0.25) is 4.79 Å². The number of carbonyl (C=O) groups excluding carboxylic acids is 1. The molecule has 0 saturated heterocycles. The molecule has 2 aromatic heterocycles. The van der Waals surface area contributed by atoms with Crippen LogP contribution in [0.1, 0.15) is 28.9 Å². The third-order valence-corrected chi connectivity index (χ3v) is 6.21. The maximum absolute atomic E-state index is 13.0. The summed E-state index contributed by atoms with van der Waals surface area (Å²) in [5, 5.41) is 14.1.